The lowest BCUT2D eigenvalue weighted by Gasteiger charge is -2.34. The van der Waals surface area contributed by atoms with Gasteiger partial charge in [0.1, 0.15) is 0 Å². The van der Waals surface area contributed by atoms with Crippen LogP contribution in [0, 0.1) is 0 Å². The molecule has 0 N–H and O–H groups in total. The Morgan fingerprint density at radius 2 is 0.764 bits per heavy atom. The predicted octanol–water partition coefficient (Wildman–Crippen LogP) is 13.7. The molecule has 4 aliphatic rings. The van der Waals surface area contributed by atoms with Crippen LogP contribution < -0.4 is 10.4 Å². The van der Waals surface area contributed by atoms with Gasteiger partial charge in [0.05, 0.1) is 0 Å². The summed E-state index contributed by atoms with van der Waals surface area (Å²) in [5, 5.41) is 8.28. The predicted molar refractivity (Wildman–Crippen MR) is 238 cm³/mol. The van der Waals surface area contributed by atoms with Gasteiger partial charge in [-0.3, -0.25) is 0 Å². The van der Waals surface area contributed by atoms with Gasteiger partial charge >= 0.3 is 8.56 Å². The Morgan fingerprint density at radius 1 is 0.418 bits per heavy atom. The third-order valence-electron chi connectivity index (χ3n) is 11.1. The number of halogens is 2. The first kappa shape index (κ1) is 37.4. The van der Waals surface area contributed by atoms with E-state index in [4.69, 9.17) is 32.1 Å². The molecule has 0 heterocycles. The molecule has 5 heteroatoms. The molecule has 0 saturated carbocycles. The SMILES string of the molecule is CCO[Si](OCC)(c1c2ccccc(-c3ccc(Cl)c4ccccc34)c-2cc1C(C)C)c1c2ccccc(-c3ccc(Cl)c4ccccc34)c-2cc1C(C)C. The average molecular weight is 778 g/mol. The Kier molecular flexibility index (Phi) is 10.4. The average Bonchev–Trinajstić information content (AvgIpc) is 3.61. The summed E-state index contributed by atoms with van der Waals surface area (Å²) >= 11 is 13.5. The minimum absolute atomic E-state index is 0.214. The summed E-state index contributed by atoms with van der Waals surface area (Å²) in [5.41, 5.74) is 11.9. The van der Waals surface area contributed by atoms with Gasteiger partial charge in [0, 0.05) is 44.4 Å². The number of benzene rings is 4. The normalized spacial score (nSPS) is 12.3. The molecule has 55 heavy (non-hydrogen) atoms. The number of rotatable bonds is 10. The molecule has 0 bridgehead atoms. The molecule has 4 aromatic carbocycles. The first-order valence-corrected chi connectivity index (χ1v) is 22.0. The highest BCUT2D eigenvalue weighted by molar-refractivity contribution is 6.95. The zero-order chi connectivity index (χ0) is 38.4. The van der Waals surface area contributed by atoms with E-state index in [1.54, 1.807) is 0 Å². The molecule has 0 spiro atoms. The molecule has 0 saturated heterocycles. The fraction of sp³-hybridized carbons (Fsp3) is 0.200. The lowest BCUT2D eigenvalue weighted by atomic mass is 9.95. The largest absolute Gasteiger partial charge is 0.408 e. The summed E-state index contributed by atoms with van der Waals surface area (Å²) in [6.45, 7) is 14.4. The highest BCUT2D eigenvalue weighted by atomic mass is 35.5. The lowest BCUT2D eigenvalue weighted by Crippen LogP contribution is -2.65. The van der Waals surface area contributed by atoms with Crippen LogP contribution in [0.2, 0.25) is 10.0 Å². The van der Waals surface area contributed by atoms with E-state index in [9.17, 15) is 0 Å². The van der Waals surface area contributed by atoms with Crippen LogP contribution in [-0.2, 0) is 8.85 Å². The zero-order valence-corrected chi connectivity index (χ0v) is 34.9. The topological polar surface area (TPSA) is 18.5 Å². The van der Waals surface area contributed by atoms with Crippen LogP contribution in [0.5, 0.6) is 0 Å². The van der Waals surface area contributed by atoms with Crippen LogP contribution in [0.25, 0.3) is 66.1 Å². The molecule has 4 aliphatic carbocycles. The highest BCUT2D eigenvalue weighted by Gasteiger charge is 2.51. The second-order valence-corrected chi connectivity index (χ2v) is 18.6. The Morgan fingerprint density at radius 3 is 1.13 bits per heavy atom. The van der Waals surface area contributed by atoms with E-state index in [0.29, 0.717) is 13.2 Å². The molecule has 0 aliphatic heterocycles. The standard InChI is InChI=1S/C50H46Cl2O2Si/c1-7-53-55(54-8-2,49-41-23-15-11-19-35(45(41)29-43(49)31(3)4)37-25-27-47(51)39-21-13-9-17-33(37)39)50-42-24-16-12-20-36(46(42)30-44(50)32(5)6)38-26-28-48(52)40-22-14-10-18-34(38)40/h9-32H,7-8H2,1-6H3. The van der Waals surface area contributed by atoms with Gasteiger partial charge in [-0.25, -0.2) is 0 Å². The van der Waals surface area contributed by atoms with Crippen molar-refractivity contribution >= 4 is 63.7 Å². The minimum Gasteiger partial charge on any atom is -0.388 e. The first-order chi connectivity index (χ1) is 26.7. The van der Waals surface area contributed by atoms with Crippen LogP contribution >= 0.6 is 23.2 Å². The van der Waals surface area contributed by atoms with E-state index >= 15 is 0 Å². The summed E-state index contributed by atoms with van der Waals surface area (Å²) in [5.74, 6) is 0.428. The van der Waals surface area contributed by atoms with Gasteiger partial charge in [0.2, 0.25) is 0 Å². The number of hydrogen-bond donors (Lipinski definition) is 0. The third kappa shape index (κ3) is 6.27. The van der Waals surface area contributed by atoms with Crippen molar-refractivity contribution in [3.05, 3.63) is 155 Å². The zero-order valence-electron chi connectivity index (χ0n) is 32.3. The van der Waals surface area contributed by atoms with Gasteiger partial charge < -0.3 is 8.85 Å². The van der Waals surface area contributed by atoms with Crippen LogP contribution in [0.15, 0.2) is 133 Å². The van der Waals surface area contributed by atoms with Crippen LogP contribution in [-0.4, -0.2) is 21.8 Å². The Bertz CT molecular complexity index is 2440. The van der Waals surface area contributed by atoms with Crippen LogP contribution in [0.3, 0.4) is 0 Å². The summed E-state index contributed by atoms with van der Waals surface area (Å²) < 4.78 is 14.7. The van der Waals surface area contributed by atoms with E-state index < -0.39 is 8.56 Å². The third-order valence-corrected chi connectivity index (χ3v) is 15.6. The lowest BCUT2D eigenvalue weighted by molar-refractivity contribution is 0.208. The van der Waals surface area contributed by atoms with Crippen molar-refractivity contribution in [1.82, 2.24) is 0 Å². The van der Waals surface area contributed by atoms with Crippen molar-refractivity contribution in [1.29, 1.82) is 0 Å². The van der Waals surface area contributed by atoms with Crippen molar-refractivity contribution in [3.63, 3.8) is 0 Å². The van der Waals surface area contributed by atoms with Crippen molar-refractivity contribution < 1.29 is 8.85 Å². The smallest absolute Gasteiger partial charge is 0.388 e. The molecule has 0 radical (unpaired) electrons. The molecule has 0 fully saturated rings. The summed E-state index contributed by atoms with van der Waals surface area (Å²) in [4.78, 5) is 0. The molecular formula is C50H46Cl2O2Si. The number of hydrogen-bond acceptors (Lipinski definition) is 2. The first-order valence-electron chi connectivity index (χ1n) is 19.4. The van der Waals surface area contributed by atoms with E-state index in [1.807, 2.05) is 12.1 Å². The Balaban J connectivity index is 1.45. The minimum atomic E-state index is -3.47. The molecule has 0 atom stereocenters. The molecule has 276 valence electrons. The van der Waals surface area contributed by atoms with Gasteiger partial charge in [-0.2, -0.15) is 0 Å². The van der Waals surface area contributed by atoms with Crippen LogP contribution in [0.4, 0.5) is 0 Å². The summed E-state index contributed by atoms with van der Waals surface area (Å²) in [6.07, 6.45) is 0. The quantitative estimate of drug-likeness (QED) is 0.129. The number of fused-ring (bicyclic) bond motifs is 4. The van der Waals surface area contributed by atoms with Gasteiger partial charge in [0.25, 0.3) is 0 Å². The molecule has 4 aromatic rings. The van der Waals surface area contributed by atoms with Gasteiger partial charge in [0.15, 0.2) is 0 Å². The Hall–Kier alpha value is -4.48. The molecule has 0 amide bonds. The second-order valence-electron chi connectivity index (χ2n) is 14.9. The second kappa shape index (κ2) is 15.2. The van der Waals surface area contributed by atoms with Gasteiger partial charge in [-0.05, 0) is 104 Å². The Labute approximate surface area is 336 Å². The summed E-state index contributed by atoms with van der Waals surface area (Å²) in [7, 11) is -3.47. The van der Waals surface area contributed by atoms with Crippen molar-refractivity contribution in [2.24, 2.45) is 0 Å². The van der Waals surface area contributed by atoms with Gasteiger partial charge in [-0.15, -0.1) is 0 Å². The maximum atomic E-state index is 7.36. The fourth-order valence-electron chi connectivity index (χ4n) is 8.74. The van der Waals surface area contributed by atoms with Crippen molar-refractivity contribution in [2.45, 2.75) is 53.4 Å². The van der Waals surface area contributed by atoms with E-state index in [2.05, 4.69) is 163 Å². The fourth-order valence-corrected chi connectivity index (χ4v) is 13.5. The maximum Gasteiger partial charge on any atom is 0.408 e. The summed E-state index contributed by atoms with van der Waals surface area (Å²) in [6, 6.07) is 47.8. The monoisotopic (exact) mass is 776 g/mol. The van der Waals surface area contributed by atoms with Crippen molar-refractivity contribution in [2.75, 3.05) is 13.2 Å². The van der Waals surface area contributed by atoms with E-state index in [0.717, 1.165) is 53.8 Å². The molecule has 8 rings (SSSR count). The van der Waals surface area contributed by atoms with E-state index in [1.165, 1.54) is 43.8 Å². The van der Waals surface area contributed by atoms with E-state index in [-0.39, 0.29) is 11.8 Å². The molecule has 0 aromatic heterocycles. The maximum absolute atomic E-state index is 7.36. The molecule has 2 nitrogen and oxygen atoms in total. The highest BCUT2D eigenvalue weighted by Crippen LogP contribution is 2.45. The molecular weight excluding hydrogens is 732 g/mol. The molecule has 0 unspecified atom stereocenters. The van der Waals surface area contributed by atoms with Gasteiger partial charge in [-0.1, -0.05) is 172 Å². The van der Waals surface area contributed by atoms with Crippen molar-refractivity contribution in [3.8, 4) is 44.5 Å². The van der Waals surface area contributed by atoms with Crippen LogP contribution in [0.1, 0.15) is 64.5 Å².